The molecule has 86 heavy (non-hydrogen) atoms. The van der Waals surface area contributed by atoms with Crippen molar-refractivity contribution in [2.45, 2.75) is 228 Å². The Hall–Kier alpha value is -6.17. The Morgan fingerprint density at radius 1 is 0.453 bits per heavy atom. The number of carbonyl (C=O) groups excluding carboxylic acids is 11. The van der Waals surface area contributed by atoms with Gasteiger partial charge in [0.2, 0.25) is 65.0 Å². The van der Waals surface area contributed by atoms with Gasteiger partial charge >= 0.3 is 0 Å². The van der Waals surface area contributed by atoms with E-state index in [-0.39, 0.29) is 56.3 Å². The van der Waals surface area contributed by atoms with Crippen LogP contribution >= 0.6 is 0 Å². The first-order chi connectivity index (χ1) is 39.8. The summed E-state index contributed by atoms with van der Waals surface area (Å²) in [4.78, 5) is 169. The predicted octanol–water partition coefficient (Wildman–Crippen LogP) is 2.38. The van der Waals surface area contributed by atoms with Gasteiger partial charge in [-0.05, 0) is 94.8 Å². The molecule has 0 saturated carbocycles. The first-order valence-electron chi connectivity index (χ1n) is 30.8. The van der Waals surface area contributed by atoms with Crippen molar-refractivity contribution in [2.24, 2.45) is 35.5 Å². The summed E-state index contributed by atoms with van der Waals surface area (Å²) in [5, 5.41) is 33.9. The molecule has 1 saturated heterocycles. The number of nitrogens with zero attached hydrogens (tertiary/aromatic N) is 7. The minimum absolute atomic E-state index is 0.0612. The number of aliphatic hydroxyl groups excluding tert-OH is 2. The monoisotopic (exact) mass is 1220 g/mol. The van der Waals surface area contributed by atoms with Gasteiger partial charge in [0.25, 0.3) is 0 Å². The molecule has 0 aromatic carbocycles. The highest BCUT2D eigenvalue weighted by Gasteiger charge is 2.46. The first kappa shape index (κ1) is 77.8. The van der Waals surface area contributed by atoms with Crippen molar-refractivity contribution < 1.29 is 63.0 Å². The average Bonchev–Trinajstić information content (AvgIpc) is 1.60. The lowest BCUT2D eigenvalue weighted by Gasteiger charge is -2.41. The maximum Gasteiger partial charge on any atom is 0.248 e. The van der Waals surface area contributed by atoms with Crippen LogP contribution in [0.3, 0.4) is 0 Å². The Labute approximate surface area is 513 Å². The van der Waals surface area contributed by atoms with Gasteiger partial charge in [0.05, 0.1) is 12.7 Å². The number of hydrogen-bond donors (Lipinski definition) is 6. The van der Waals surface area contributed by atoms with Crippen molar-refractivity contribution in [3.05, 3.63) is 12.2 Å². The van der Waals surface area contributed by atoms with E-state index in [9.17, 15) is 53.4 Å². The number of rotatable bonds is 16. The van der Waals surface area contributed by atoms with E-state index in [0.717, 1.165) is 14.7 Å². The molecular weight excluding hydrogens is 1110 g/mol. The molecule has 0 aromatic heterocycles. The smallest absolute Gasteiger partial charge is 0.248 e. The van der Waals surface area contributed by atoms with Crippen LogP contribution in [0.15, 0.2) is 12.2 Å². The standard InChI is InChI=1S/C62H111N11O13/c1-24-27-29-39(14)51(75)50-55(79)65-42(26-3)57(81)71(21)47(33-74)60(84)68(18)45(31-35(6)7)54(78)66-48(37(10)11)61(85)69(19)44(30-34(4)5)53(77)63-40(15)52(76)64-41(16)56(80)67(17)43(28-25-2)58(82)70(20)46(32-36(8)9)59(83)72(22)49(38(12)13)62(86)73(50)23/h24,27,34-51,74-75H,25-26,28-33H2,1-23H3,(H,63,77)(H,64,76)(H,65,79)(H,66,78)/b27-24+/t39-,40+,41+,42+,43+,44+,45+,46+,47-,48+,49+,50+,51-/m1/s1. The van der Waals surface area contributed by atoms with Crippen LogP contribution in [0.2, 0.25) is 0 Å². The fourth-order valence-corrected chi connectivity index (χ4v) is 10.9. The number of nitrogens with one attached hydrogen (secondary N) is 4. The second kappa shape index (κ2) is 35.6. The molecule has 6 N–H and O–H groups in total. The molecule has 1 rings (SSSR count). The van der Waals surface area contributed by atoms with E-state index >= 15 is 9.59 Å². The zero-order chi connectivity index (χ0) is 66.7. The molecule has 13 atom stereocenters. The fourth-order valence-electron chi connectivity index (χ4n) is 10.9. The van der Waals surface area contributed by atoms with Crippen molar-refractivity contribution >= 4 is 65.0 Å². The van der Waals surface area contributed by atoms with Gasteiger partial charge in [-0.1, -0.05) is 109 Å². The molecule has 0 bridgehead atoms. The normalized spacial score (nSPS) is 27.5. The van der Waals surface area contributed by atoms with Crippen molar-refractivity contribution in [1.82, 2.24) is 55.6 Å². The van der Waals surface area contributed by atoms with E-state index < -0.39 is 162 Å². The highest BCUT2D eigenvalue weighted by atomic mass is 16.3. The summed E-state index contributed by atoms with van der Waals surface area (Å²) >= 11 is 0. The average molecular weight is 1220 g/mol. The van der Waals surface area contributed by atoms with E-state index in [1.807, 2.05) is 48.5 Å². The summed E-state index contributed by atoms with van der Waals surface area (Å²) in [5.41, 5.74) is 0. The molecule has 1 fully saturated rings. The van der Waals surface area contributed by atoms with Crippen LogP contribution in [0.4, 0.5) is 0 Å². The van der Waals surface area contributed by atoms with Crippen LogP contribution in [0.5, 0.6) is 0 Å². The molecule has 1 aliphatic rings. The topological polar surface area (TPSA) is 299 Å². The van der Waals surface area contributed by atoms with Gasteiger partial charge in [-0.25, -0.2) is 0 Å². The summed E-state index contributed by atoms with van der Waals surface area (Å²) in [6, 6.07) is -14.4. The van der Waals surface area contributed by atoms with E-state index in [2.05, 4.69) is 21.3 Å². The van der Waals surface area contributed by atoms with Crippen LogP contribution in [0, 0.1) is 35.5 Å². The molecule has 24 nitrogen and oxygen atoms in total. The molecule has 0 aromatic rings. The van der Waals surface area contributed by atoms with E-state index in [1.165, 1.54) is 82.8 Å². The highest BCUT2D eigenvalue weighted by molar-refractivity contribution is 6.00. The van der Waals surface area contributed by atoms with Crippen molar-refractivity contribution in [2.75, 3.05) is 55.9 Å². The Morgan fingerprint density at radius 2 is 0.872 bits per heavy atom. The first-order valence-corrected chi connectivity index (χ1v) is 30.8. The zero-order valence-corrected chi connectivity index (χ0v) is 56.2. The second-order valence-corrected chi connectivity index (χ2v) is 25.6. The van der Waals surface area contributed by atoms with Crippen LogP contribution in [0.25, 0.3) is 0 Å². The summed E-state index contributed by atoms with van der Waals surface area (Å²) in [6.07, 6.45) is 3.16. The number of hydrogen-bond acceptors (Lipinski definition) is 13. The minimum atomic E-state index is -1.66. The SMILES string of the molecule is C/C=C/C[C@@H](C)[C@@H](O)[C@H]1C(=O)N[C@@H](CC)C(=O)N(C)[C@H](CO)C(=O)N(C)[C@@H](CC(C)C)C(=O)N[C@@H](C(C)C)C(=O)N(C)[C@@H](CC(C)C)C(=O)N[C@@H](C)C(=O)N[C@@H](C)C(=O)N(C)[C@@H](CCC)C(=O)N(C)[C@@H](CC(C)C)C(=O)N(C)[C@@H](C(C)C)C(=O)N1C. The number of aliphatic hydroxyl groups is 2. The van der Waals surface area contributed by atoms with Crippen LogP contribution in [0.1, 0.15) is 156 Å². The third kappa shape index (κ3) is 20.7. The van der Waals surface area contributed by atoms with Crippen molar-refractivity contribution in [3.63, 3.8) is 0 Å². The third-order valence-electron chi connectivity index (χ3n) is 16.4. The second-order valence-electron chi connectivity index (χ2n) is 25.6. The Balaban J connectivity index is 4.38. The van der Waals surface area contributed by atoms with Gasteiger partial charge in [-0.3, -0.25) is 52.7 Å². The Bertz CT molecular complexity index is 2350. The molecule has 0 radical (unpaired) electrons. The molecule has 492 valence electrons. The van der Waals surface area contributed by atoms with Gasteiger partial charge in [0, 0.05) is 49.3 Å². The highest BCUT2D eigenvalue weighted by Crippen LogP contribution is 2.25. The molecular formula is C62H111N11O13. The molecule has 24 heteroatoms. The number of likely N-dealkylation sites (N-methyl/N-ethyl adjacent to an activating group) is 7. The lowest BCUT2D eigenvalue weighted by Crippen LogP contribution is -2.64. The van der Waals surface area contributed by atoms with Crippen LogP contribution in [-0.2, 0) is 52.7 Å². The maximum absolute atomic E-state index is 15.1. The van der Waals surface area contributed by atoms with E-state index in [0.29, 0.717) is 6.42 Å². The number of amides is 11. The summed E-state index contributed by atoms with van der Waals surface area (Å²) in [5.74, 6) is -10.4. The predicted molar refractivity (Wildman–Crippen MR) is 330 cm³/mol. The van der Waals surface area contributed by atoms with Crippen LogP contribution in [-0.4, -0.2) is 238 Å². The van der Waals surface area contributed by atoms with Crippen molar-refractivity contribution in [3.8, 4) is 0 Å². The summed E-state index contributed by atoms with van der Waals surface area (Å²) in [7, 11) is 9.62. The van der Waals surface area contributed by atoms with Gasteiger partial charge in [0.1, 0.15) is 66.5 Å². The molecule has 0 spiro atoms. The fraction of sp³-hybridized carbons (Fsp3) is 0.790. The van der Waals surface area contributed by atoms with Gasteiger partial charge in [-0.2, -0.15) is 0 Å². The Morgan fingerprint density at radius 3 is 1.33 bits per heavy atom. The quantitative estimate of drug-likeness (QED) is 0.121. The van der Waals surface area contributed by atoms with Gasteiger partial charge in [0.15, 0.2) is 0 Å². The van der Waals surface area contributed by atoms with Gasteiger partial charge in [-0.15, -0.1) is 0 Å². The van der Waals surface area contributed by atoms with E-state index in [1.54, 1.807) is 60.6 Å². The summed E-state index contributed by atoms with van der Waals surface area (Å²) < 4.78 is 0. The Kier molecular flexibility index (Phi) is 32.2. The number of allylic oxidation sites excluding steroid dienone is 2. The molecule has 0 unspecified atom stereocenters. The molecule has 0 aliphatic carbocycles. The summed E-state index contributed by atoms with van der Waals surface area (Å²) in [6.45, 7) is 26.7. The lowest BCUT2D eigenvalue weighted by molar-refractivity contribution is -0.157. The third-order valence-corrected chi connectivity index (χ3v) is 16.4. The van der Waals surface area contributed by atoms with Gasteiger partial charge < -0.3 is 65.8 Å². The number of carbonyl (C=O) groups is 11. The molecule has 1 aliphatic heterocycles. The van der Waals surface area contributed by atoms with Crippen molar-refractivity contribution in [1.29, 1.82) is 0 Å². The molecule has 1 heterocycles. The zero-order valence-electron chi connectivity index (χ0n) is 56.2. The maximum atomic E-state index is 15.1. The van der Waals surface area contributed by atoms with E-state index in [4.69, 9.17) is 0 Å². The minimum Gasteiger partial charge on any atom is -0.394 e. The lowest BCUT2D eigenvalue weighted by atomic mass is 9.91. The largest absolute Gasteiger partial charge is 0.394 e. The molecule has 11 amide bonds. The van der Waals surface area contributed by atoms with Crippen LogP contribution < -0.4 is 21.3 Å².